The third-order valence-electron chi connectivity index (χ3n) is 8.67. The van der Waals surface area contributed by atoms with Crippen molar-refractivity contribution in [3.05, 3.63) is 53.1 Å². The zero-order chi connectivity index (χ0) is 28.6. The van der Waals surface area contributed by atoms with Crippen molar-refractivity contribution in [3.8, 4) is 11.3 Å². The molecule has 216 valence electrons. The maximum absolute atomic E-state index is 13.4. The summed E-state index contributed by atoms with van der Waals surface area (Å²) < 4.78 is 37.3. The van der Waals surface area contributed by atoms with Gasteiger partial charge < -0.3 is 14.2 Å². The SMILES string of the molecule is CCc1ccc(-c2c(Cl)c3ccc(S(=O)(=O)NC4CCC(C(=O)N5CCOC[C@@H]5C(C)C)CC4)cc3n2C)cc1. The highest BCUT2D eigenvalue weighted by atomic mass is 35.5. The van der Waals surface area contributed by atoms with Gasteiger partial charge in [-0.3, -0.25) is 4.79 Å². The third-order valence-corrected chi connectivity index (χ3v) is 10.6. The number of carbonyl (C=O) groups excluding carboxylic acids is 1. The summed E-state index contributed by atoms with van der Waals surface area (Å²) >= 11 is 6.79. The van der Waals surface area contributed by atoms with E-state index in [1.165, 1.54) is 5.56 Å². The summed E-state index contributed by atoms with van der Waals surface area (Å²) in [7, 11) is -1.83. The van der Waals surface area contributed by atoms with Crippen molar-refractivity contribution in [2.24, 2.45) is 18.9 Å². The van der Waals surface area contributed by atoms with Gasteiger partial charge in [0.25, 0.3) is 0 Å². The molecule has 0 unspecified atom stereocenters. The van der Waals surface area contributed by atoms with Crippen molar-refractivity contribution in [1.82, 2.24) is 14.2 Å². The lowest BCUT2D eigenvalue weighted by Crippen LogP contribution is -2.53. The van der Waals surface area contributed by atoms with Gasteiger partial charge in [0.15, 0.2) is 0 Å². The lowest BCUT2D eigenvalue weighted by atomic mass is 9.85. The van der Waals surface area contributed by atoms with E-state index in [1.807, 2.05) is 16.5 Å². The number of aryl methyl sites for hydroxylation is 2. The molecule has 2 heterocycles. The average molecular weight is 586 g/mol. The lowest BCUT2D eigenvalue weighted by molar-refractivity contribution is -0.147. The number of morpholine rings is 1. The topological polar surface area (TPSA) is 80.6 Å². The molecular weight excluding hydrogens is 546 g/mol. The minimum atomic E-state index is -3.74. The van der Waals surface area contributed by atoms with Crippen LogP contribution in [0.15, 0.2) is 47.4 Å². The van der Waals surface area contributed by atoms with E-state index in [9.17, 15) is 13.2 Å². The van der Waals surface area contributed by atoms with E-state index in [2.05, 4.69) is 49.8 Å². The van der Waals surface area contributed by atoms with Crippen LogP contribution in [0, 0.1) is 11.8 Å². The van der Waals surface area contributed by atoms with Crippen LogP contribution in [0.4, 0.5) is 0 Å². The number of hydrogen-bond acceptors (Lipinski definition) is 4. The van der Waals surface area contributed by atoms with Crippen molar-refractivity contribution < 1.29 is 17.9 Å². The van der Waals surface area contributed by atoms with Gasteiger partial charge >= 0.3 is 0 Å². The Kier molecular flexibility index (Phi) is 8.62. The largest absolute Gasteiger partial charge is 0.377 e. The number of aromatic nitrogens is 1. The molecule has 2 aliphatic rings. The van der Waals surface area contributed by atoms with Crippen LogP contribution >= 0.6 is 11.6 Å². The number of rotatable bonds is 7. The fraction of sp³-hybridized carbons (Fsp3) is 0.516. The molecular formula is C31H40ClN3O4S. The number of nitrogens with zero attached hydrogens (tertiary/aromatic N) is 2. The van der Waals surface area contributed by atoms with Gasteiger partial charge in [-0.2, -0.15) is 0 Å². The van der Waals surface area contributed by atoms with Gasteiger partial charge in [0.05, 0.1) is 40.4 Å². The summed E-state index contributed by atoms with van der Waals surface area (Å²) in [6, 6.07) is 13.3. The standard InChI is InChI=1S/C31H40ClN3O4S/c1-5-21-6-8-22(9-7-21)30-29(32)26-15-14-25(18-27(26)34(30)4)40(37,38)33-24-12-10-23(11-13-24)31(36)35-16-17-39-19-28(35)20(2)3/h6-9,14-15,18,20,23-24,28,33H,5,10-13,16-17,19H2,1-4H3/t23?,24?,28-/m1/s1. The average Bonchev–Trinajstić information content (AvgIpc) is 3.21. The number of sulfonamides is 1. The number of benzene rings is 2. The van der Waals surface area contributed by atoms with Gasteiger partial charge in [-0.15, -0.1) is 0 Å². The molecule has 1 aliphatic carbocycles. The molecule has 3 aromatic rings. The van der Waals surface area contributed by atoms with E-state index in [1.54, 1.807) is 18.2 Å². The van der Waals surface area contributed by atoms with Crippen LogP contribution in [0.3, 0.4) is 0 Å². The smallest absolute Gasteiger partial charge is 0.240 e. The maximum atomic E-state index is 13.4. The Hall–Kier alpha value is -2.39. The number of halogens is 1. The Bertz CT molecular complexity index is 1470. The van der Waals surface area contributed by atoms with Gasteiger partial charge in [-0.25, -0.2) is 13.1 Å². The Morgan fingerprint density at radius 3 is 2.45 bits per heavy atom. The second-order valence-corrected chi connectivity index (χ2v) is 13.6. The number of hydrogen-bond donors (Lipinski definition) is 1. The molecule has 2 aromatic carbocycles. The second kappa shape index (κ2) is 11.8. The molecule has 40 heavy (non-hydrogen) atoms. The van der Waals surface area contributed by atoms with E-state index in [4.69, 9.17) is 16.3 Å². The van der Waals surface area contributed by atoms with E-state index in [-0.39, 0.29) is 28.8 Å². The first-order valence-electron chi connectivity index (χ1n) is 14.4. The molecule has 1 atom stereocenters. The molecule has 0 spiro atoms. The van der Waals surface area contributed by atoms with E-state index < -0.39 is 10.0 Å². The van der Waals surface area contributed by atoms with Gasteiger partial charge in [0.1, 0.15) is 0 Å². The predicted octanol–water partition coefficient (Wildman–Crippen LogP) is 5.78. The summed E-state index contributed by atoms with van der Waals surface area (Å²) in [5.41, 5.74) is 3.87. The Morgan fingerprint density at radius 1 is 1.10 bits per heavy atom. The Morgan fingerprint density at radius 2 is 1.80 bits per heavy atom. The highest BCUT2D eigenvalue weighted by Gasteiger charge is 2.36. The van der Waals surface area contributed by atoms with Crippen molar-refractivity contribution in [2.75, 3.05) is 19.8 Å². The number of fused-ring (bicyclic) bond motifs is 1. The fourth-order valence-electron chi connectivity index (χ4n) is 6.18. The highest BCUT2D eigenvalue weighted by Crippen LogP contribution is 2.38. The maximum Gasteiger partial charge on any atom is 0.240 e. The molecule has 0 radical (unpaired) electrons. The molecule has 7 nitrogen and oxygen atoms in total. The van der Waals surface area contributed by atoms with Crippen LogP contribution in [-0.4, -0.2) is 55.6 Å². The number of nitrogens with one attached hydrogen (secondary N) is 1. The van der Waals surface area contributed by atoms with Crippen LogP contribution in [0.1, 0.15) is 52.0 Å². The number of ether oxygens (including phenoxy) is 1. The molecule has 1 saturated carbocycles. The Balaban J connectivity index is 1.28. The highest BCUT2D eigenvalue weighted by molar-refractivity contribution is 7.89. The molecule has 9 heteroatoms. The quantitative estimate of drug-likeness (QED) is 0.381. The molecule has 1 saturated heterocycles. The zero-order valence-electron chi connectivity index (χ0n) is 23.8. The van der Waals surface area contributed by atoms with Crippen molar-refractivity contribution in [3.63, 3.8) is 0 Å². The first kappa shape index (κ1) is 29.1. The first-order valence-corrected chi connectivity index (χ1v) is 16.2. The molecule has 1 aliphatic heterocycles. The van der Waals surface area contributed by atoms with Crippen molar-refractivity contribution >= 4 is 38.4 Å². The van der Waals surface area contributed by atoms with Gasteiger partial charge in [0, 0.05) is 30.9 Å². The van der Waals surface area contributed by atoms with Crippen LogP contribution in [-0.2, 0) is 33.0 Å². The summed E-state index contributed by atoms with van der Waals surface area (Å²) in [6.07, 6.45) is 3.61. The number of carbonyl (C=O) groups is 1. The fourth-order valence-corrected chi connectivity index (χ4v) is 7.90. The summed E-state index contributed by atoms with van der Waals surface area (Å²) in [4.78, 5) is 15.5. The Labute approximate surface area is 242 Å². The van der Waals surface area contributed by atoms with Crippen LogP contribution in [0.25, 0.3) is 22.2 Å². The minimum absolute atomic E-state index is 0.0632. The summed E-state index contributed by atoms with van der Waals surface area (Å²) in [5.74, 6) is 0.461. The van der Waals surface area contributed by atoms with E-state index in [0.717, 1.165) is 28.6 Å². The summed E-state index contributed by atoms with van der Waals surface area (Å²) in [5, 5.41) is 1.43. The lowest BCUT2D eigenvalue weighted by Gasteiger charge is -2.41. The molecule has 1 N–H and O–H groups in total. The molecule has 0 bridgehead atoms. The minimum Gasteiger partial charge on any atom is -0.377 e. The molecule has 1 amide bonds. The molecule has 5 rings (SSSR count). The van der Waals surface area contributed by atoms with E-state index in [0.29, 0.717) is 56.4 Å². The number of amides is 1. The van der Waals surface area contributed by atoms with Gasteiger partial charge in [0.2, 0.25) is 15.9 Å². The van der Waals surface area contributed by atoms with E-state index >= 15 is 0 Å². The van der Waals surface area contributed by atoms with Crippen LogP contribution in [0.2, 0.25) is 5.02 Å². The van der Waals surface area contributed by atoms with Gasteiger partial charge in [-0.1, -0.05) is 56.6 Å². The predicted molar refractivity (Wildman–Crippen MR) is 160 cm³/mol. The van der Waals surface area contributed by atoms with Crippen LogP contribution < -0.4 is 4.72 Å². The van der Waals surface area contributed by atoms with Crippen molar-refractivity contribution in [2.45, 2.75) is 69.9 Å². The van der Waals surface area contributed by atoms with Crippen molar-refractivity contribution in [1.29, 1.82) is 0 Å². The summed E-state index contributed by atoms with van der Waals surface area (Å²) in [6.45, 7) is 8.15. The first-order chi connectivity index (χ1) is 19.1. The molecule has 2 fully saturated rings. The zero-order valence-corrected chi connectivity index (χ0v) is 25.4. The molecule has 1 aromatic heterocycles. The van der Waals surface area contributed by atoms with Crippen LogP contribution in [0.5, 0.6) is 0 Å². The third kappa shape index (κ3) is 5.69. The monoisotopic (exact) mass is 585 g/mol. The normalized spacial score (nSPS) is 22.2. The van der Waals surface area contributed by atoms with Gasteiger partial charge in [-0.05, 0) is 67.3 Å². The second-order valence-electron chi connectivity index (χ2n) is 11.5.